The third-order valence-corrected chi connectivity index (χ3v) is 11.3. The van der Waals surface area contributed by atoms with Crippen molar-refractivity contribution in [1.29, 1.82) is 0 Å². The Morgan fingerprint density at radius 2 is 1.16 bits per heavy atom. The maximum Gasteiger partial charge on any atom is 0.269 e. The van der Waals surface area contributed by atoms with Crippen molar-refractivity contribution in [3.63, 3.8) is 0 Å². The summed E-state index contributed by atoms with van der Waals surface area (Å²) >= 11 is 6.17. The molecule has 58 heavy (non-hydrogen) atoms. The Morgan fingerprint density at radius 3 is 1.78 bits per heavy atom. The second kappa shape index (κ2) is 18.0. The van der Waals surface area contributed by atoms with Crippen molar-refractivity contribution in [1.82, 2.24) is 28.9 Å². The van der Waals surface area contributed by atoms with Crippen LogP contribution in [0.1, 0.15) is 22.4 Å². The summed E-state index contributed by atoms with van der Waals surface area (Å²) in [7, 11) is -3.85. The van der Waals surface area contributed by atoms with Crippen LogP contribution in [0.2, 0.25) is 5.15 Å². The van der Waals surface area contributed by atoms with E-state index in [2.05, 4.69) is 67.4 Å². The Labute approximate surface area is 341 Å². The molecule has 9 rings (SSSR count). The molecule has 9 aromatic rings. The summed E-state index contributed by atoms with van der Waals surface area (Å²) in [4.78, 5) is 20.6. The fourth-order valence-electron chi connectivity index (χ4n) is 6.26. The molecular weight excluding hydrogens is 766 g/mol. The lowest BCUT2D eigenvalue weighted by Gasteiger charge is -2.11. The zero-order chi connectivity index (χ0) is 40.5. The largest absolute Gasteiger partial charge is 0.399 e. The molecule has 0 saturated carbocycles. The molecule has 0 bridgehead atoms. The number of aromatic amines is 1. The van der Waals surface area contributed by atoms with Crippen molar-refractivity contribution in [2.24, 2.45) is 11.5 Å². The summed E-state index contributed by atoms with van der Waals surface area (Å²) in [5, 5.41) is 1.77. The van der Waals surface area contributed by atoms with Crippen molar-refractivity contribution in [2.45, 2.75) is 24.4 Å². The van der Waals surface area contributed by atoms with Gasteiger partial charge in [0.1, 0.15) is 23.5 Å². The van der Waals surface area contributed by atoms with Crippen molar-refractivity contribution >= 4 is 49.4 Å². The number of benzene rings is 5. The van der Waals surface area contributed by atoms with Crippen LogP contribution in [-0.2, 0) is 29.5 Å². The number of nitrogens with one attached hydrogen (secondary N) is 1. The van der Waals surface area contributed by atoms with E-state index in [1.807, 2.05) is 72.8 Å². The molecule has 0 aliphatic rings. The normalized spacial score (nSPS) is 11.1. The van der Waals surface area contributed by atoms with Crippen LogP contribution in [-0.4, -0.2) is 37.3 Å². The zero-order valence-corrected chi connectivity index (χ0v) is 32.9. The van der Waals surface area contributed by atoms with Crippen molar-refractivity contribution < 1.29 is 8.42 Å². The minimum Gasteiger partial charge on any atom is -0.399 e. The van der Waals surface area contributed by atoms with Crippen LogP contribution in [0.25, 0.3) is 44.6 Å². The van der Waals surface area contributed by atoms with E-state index in [0.29, 0.717) is 24.2 Å². The molecule has 0 radical (unpaired) electrons. The molecule has 0 fully saturated rings. The number of H-pyrrole nitrogens is 1. The van der Waals surface area contributed by atoms with Gasteiger partial charge in [0.25, 0.3) is 10.0 Å². The first-order valence-corrected chi connectivity index (χ1v) is 20.2. The lowest BCUT2D eigenvalue weighted by Crippen LogP contribution is -2.14. The highest BCUT2D eigenvalue weighted by atomic mass is 35.5. The van der Waals surface area contributed by atoms with E-state index in [9.17, 15) is 8.42 Å². The second-order valence-corrected chi connectivity index (χ2v) is 15.3. The van der Waals surface area contributed by atoms with E-state index in [1.165, 1.54) is 15.9 Å². The molecule has 7 N–H and O–H groups in total. The van der Waals surface area contributed by atoms with Gasteiger partial charge < -0.3 is 22.2 Å². The molecule has 0 amide bonds. The molecule has 0 unspecified atom stereocenters. The molecule has 4 aromatic heterocycles. The number of nitrogen functional groups attached to an aromatic ring is 1. The van der Waals surface area contributed by atoms with Gasteiger partial charge in [-0.15, -0.1) is 0 Å². The number of aromatic nitrogens is 6. The van der Waals surface area contributed by atoms with Crippen molar-refractivity contribution in [3.8, 4) is 22.5 Å². The van der Waals surface area contributed by atoms with Crippen LogP contribution in [0, 0.1) is 0 Å². The number of hydrogen-bond donors (Lipinski definition) is 4. The highest BCUT2D eigenvalue weighted by molar-refractivity contribution is 7.90. The lowest BCUT2D eigenvalue weighted by molar-refractivity contribution is 0.589. The van der Waals surface area contributed by atoms with Gasteiger partial charge in [0, 0.05) is 36.3 Å². The van der Waals surface area contributed by atoms with Gasteiger partial charge in [0.15, 0.2) is 5.65 Å². The first-order valence-electron chi connectivity index (χ1n) is 18.3. The fourth-order valence-corrected chi connectivity index (χ4v) is 7.94. The summed E-state index contributed by atoms with van der Waals surface area (Å²) in [5.41, 5.74) is 26.3. The van der Waals surface area contributed by atoms with Crippen LogP contribution < -0.4 is 17.2 Å². The number of nitrogens with two attached hydrogens (primary N) is 3. The number of halogens is 1. The smallest absolute Gasteiger partial charge is 0.269 e. The summed E-state index contributed by atoms with van der Waals surface area (Å²) in [5.74, 6) is 0. The lowest BCUT2D eigenvalue weighted by atomic mass is 10.1. The Balaban J connectivity index is 0.000000146. The Bertz CT molecular complexity index is 2850. The molecule has 0 saturated heterocycles. The number of anilines is 1. The zero-order valence-electron chi connectivity index (χ0n) is 31.3. The van der Waals surface area contributed by atoms with Gasteiger partial charge in [-0.05, 0) is 64.2 Å². The molecule has 11 nitrogen and oxygen atoms in total. The number of fused-ring (bicyclic) bond motifs is 2. The van der Waals surface area contributed by atoms with Crippen molar-refractivity contribution in [3.05, 3.63) is 192 Å². The van der Waals surface area contributed by atoms with E-state index in [1.54, 1.807) is 42.7 Å². The van der Waals surface area contributed by atoms with Gasteiger partial charge >= 0.3 is 0 Å². The topological polar surface area (TPSA) is 184 Å². The van der Waals surface area contributed by atoms with Gasteiger partial charge in [-0.1, -0.05) is 127 Å². The summed E-state index contributed by atoms with van der Waals surface area (Å²) in [6.07, 6.45) is 3.66. The van der Waals surface area contributed by atoms with Crippen LogP contribution in [0.4, 0.5) is 5.69 Å². The summed E-state index contributed by atoms with van der Waals surface area (Å²) in [6, 6.07) is 47.5. The Kier molecular flexibility index (Phi) is 12.3. The monoisotopic (exact) mass is 805 g/mol. The average molecular weight is 806 g/mol. The third-order valence-electron chi connectivity index (χ3n) is 9.30. The predicted molar refractivity (Wildman–Crippen MR) is 232 cm³/mol. The quantitative estimate of drug-likeness (QED) is 0.0865. The average Bonchev–Trinajstić information content (AvgIpc) is 3.90. The van der Waals surface area contributed by atoms with Crippen LogP contribution in [0.5, 0.6) is 0 Å². The Morgan fingerprint density at radius 1 is 0.603 bits per heavy atom. The van der Waals surface area contributed by atoms with Crippen molar-refractivity contribution in [2.75, 3.05) is 5.73 Å². The van der Waals surface area contributed by atoms with Crippen LogP contribution >= 0.6 is 11.6 Å². The molecule has 0 spiro atoms. The summed E-state index contributed by atoms with van der Waals surface area (Å²) in [6.45, 7) is 1.15. The third kappa shape index (κ3) is 8.96. The van der Waals surface area contributed by atoms with Gasteiger partial charge in [0.05, 0.1) is 21.7 Å². The maximum absolute atomic E-state index is 13.3. The van der Waals surface area contributed by atoms with E-state index < -0.39 is 10.0 Å². The highest BCUT2D eigenvalue weighted by Gasteiger charge is 2.25. The van der Waals surface area contributed by atoms with E-state index in [0.717, 1.165) is 56.8 Å². The summed E-state index contributed by atoms with van der Waals surface area (Å²) < 4.78 is 27.8. The van der Waals surface area contributed by atoms with Gasteiger partial charge in [-0.25, -0.2) is 32.3 Å². The van der Waals surface area contributed by atoms with Gasteiger partial charge in [0.2, 0.25) is 0 Å². The fraction of sp³-hybridized carbons (Fsp3) is 0.0667. The first kappa shape index (κ1) is 39.5. The molecule has 13 heteroatoms. The van der Waals surface area contributed by atoms with E-state index >= 15 is 0 Å². The van der Waals surface area contributed by atoms with Gasteiger partial charge in [-0.2, -0.15) is 0 Å². The molecule has 5 aromatic carbocycles. The second-order valence-electron chi connectivity index (χ2n) is 13.2. The number of rotatable bonds is 8. The minimum absolute atomic E-state index is 0.180. The molecule has 290 valence electrons. The molecule has 0 aliphatic carbocycles. The Hall–Kier alpha value is -6.70. The predicted octanol–water partition coefficient (Wildman–Crippen LogP) is 8.39. The van der Waals surface area contributed by atoms with E-state index in [4.69, 9.17) is 28.8 Å². The molecule has 0 atom stereocenters. The number of hydrogen-bond acceptors (Lipinski definition) is 9. The number of nitrogens with zero attached hydrogens (tertiary/aromatic N) is 5. The van der Waals surface area contributed by atoms with E-state index in [-0.39, 0.29) is 15.7 Å². The van der Waals surface area contributed by atoms with Crippen LogP contribution in [0.3, 0.4) is 0 Å². The highest BCUT2D eigenvalue weighted by Crippen LogP contribution is 2.33. The minimum atomic E-state index is -3.85. The molecular formula is C45H40ClN9O2S. The SMILES string of the molecule is NCc1ccc(Cc2ncnc3[nH]c(-c4ccccc4)cc23)cc1.NCc1ccc(N)cc1.O=S(=O)(c1ccccc1)n1c(-c2ccccc2)cc2c(Cl)ncnc21. The molecule has 0 aliphatic heterocycles. The first-order chi connectivity index (χ1) is 28.2. The van der Waals surface area contributed by atoms with Crippen LogP contribution in [0.15, 0.2) is 169 Å². The molecule has 4 heterocycles. The van der Waals surface area contributed by atoms with Gasteiger partial charge in [-0.3, -0.25) is 0 Å². The standard InChI is InChI=1S/C20H18N4.C18H12ClN3O2S.C7H10N2/c21-12-15-8-6-14(7-9-15)10-19-17-11-18(16-4-2-1-3-5-16)24-20(17)23-13-22-19;19-17-15-11-16(13-7-3-1-4-8-13)22(18(15)21-12-20-17)25(23,24)14-9-5-2-6-10-14;8-5-6-1-3-7(9)4-2-6/h1-9,11,13H,10,12,21H2,(H,22,23,24);1-12H;1-4H,5,8-9H2. The maximum atomic E-state index is 13.3.